The third-order valence-corrected chi connectivity index (χ3v) is 2.55. The summed E-state index contributed by atoms with van der Waals surface area (Å²) in [4.78, 5) is 0. The second kappa shape index (κ2) is 6.43. The van der Waals surface area contributed by atoms with E-state index < -0.39 is 0 Å². The minimum atomic E-state index is 0.842. The van der Waals surface area contributed by atoms with Gasteiger partial charge in [-0.15, -0.1) is 11.7 Å². The topological polar surface area (TPSA) is 37.8 Å². The van der Waals surface area contributed by atoms with Crippen molar-refractivity contribution in [1.29, 1.82) is 0 Å². The number of thioether (sulfide) groups is 1. The maximum atomic E-state index is 4.01. The Hall–Kier alpha value is -1.03. The van der Waals surface area contributed by atoms with E-state index in [-0.39, 0.29) is 0 Å². The molecule has 0 bridgehead atoms. The monoisotopic (exact) mass is 209 g/mol. The van der Waals surface area contributed by atoms with Gasteiger partial charge in [-0.25, -0.2) is 0 Å². The van der Waals surface area contributed by atoms with E-state index in [1.165, 1.54) is 0 Å². The van der Waals surface area contributed by atoms with Gasteiger partial charge in [0.2, 0.25) is 0 Å². The fourth-order valence-corrected chi connectivity index (χ4v) is 1.49. The Morgan fingerprint density at radius 2 is 2.36 bits per heavy atom. The van der Waals surface area contributed by atoms with Crippen LogP contribution in [-0.2, 0) is 0 Å². The summed E-state index contributed by atoms with van der Waals surface area (Å²) in [6.07, 6.45) is 1.91. The zero-order valence-electron chi connectivity index (χ0n) is 8.36. The summed E-state index contributed by atoms with van der Waals surface area (Å²) in [6.45, 7) is 6.50. The molecule has 1 N–H and O–H groups in total. The molecule has 0 aliphatic heterocycles. The number of anilines is 1. The summed E-state index contributed by atoms with van der Waals surface area (Å²) < 4.78 is 0. The molecule has 0 spiro atoms. The number of hydrogen-bond donors (Lipinski definition) is 1. The van der Waals surface area contributed by atoms with Gasteiger partial charge in [-0.3, -0.25) is 0 Å². The molecule has 1 aromatic rings. The van der Waals surface area contributed by atoms with Crippen molar-refractivity contribution in [3.63, 3.8) is 0 Å². The molecular formula is C10H15N3S. The van der Waals surface area contributed by atoms with E-state index in [0.717, 1.165) is 29.6 Å². The molecule has 1 rings (SSSR count). The number of hydrogen-bond acceptors (Lipinski definition) is 4. The molecular weight excluding hydrogens is 194 g/mol. The molecule has 1 aromatic heterocycles. The summed E-state index contributed by atoms with van der Waals surface area (Å²) in [5.74, 6) is 2.90. The molecule has 0 saturated carbocycles. The molecule has 4 heteroatoms. The number of rotatable bonds is 6. The highest BCUT2D eigenvalue weighted by molar-refractivity contribution is 7.99. The van der Waals surface area contributed by atoms with Crippen molar-refractivity contribution in [1.82, 2.24) is 10.2 Å². The van der Waals surface area contributed by atoms with Gasteiger partial charge in [0, 0.05) is 18.1 Å². The molecule has 0 radical (unpaired) electrons. The van der Waals surface area contributed by atoms with Gasteiger partial charge in [0.1, 0.15) is 5.82 Å². The van der Waals surface area contributed by atoms with Gasteiger partial charge in [-0.05, 0) is 19.1 Å². The van der Waals surface area contributed by atoms with Gasteiger partial charge < -0.3 is 5.32 Å². The van der Waals surface area contributed by atoms with Crippen LogP contribution in [0.2, 0.25) is 0 Å². The highest BCUT2D eigenvalue weighted by Crippen LogP contribution is 2.03. The molecule has 0 amide bonds. The van der Waals surface area contributed by atoms with E-state index in [4.69, 9.17) is 0 Å². The largest absolute Gasteiger partial charge is 0.368 e. The molecule has 0 aliphatic rings. The van der Waals surface area contributed by atoms with Crippen molar-refractivity contribution in [3.05, 3.63) is 30.5 Å². The lowest BCUT2D eigenvalue weighted by Crippen LogP contribution is -2.06. The molecule has 0 fully saturated rings. The second-order valence-corrected chi connectivity index (χ2v) is 4.00. The van der Waals surface area contributed by atoms with E-state index in [1.54, 1.807) is 0 Å². The van der Waals surface area contributed by atoms with Crippen molar-refractivity contribution in [2.24, 2.45) is 0 Å². The number of aromatic nitrogens is 2. The van der Waals surface area contributed by atoms with Crippen molar-refractivity contribution < 1.29 is 0 Å². The van der Waals surface area contributed by atoms with Crippen LogP contribution in [0, 0.1) is 6.92 Å². The van der Waals surface area contributed by atoms with Gasteiger partial charge in [0.25, 0.3) is 0 Å². The lowest BCUT2D eigenvalue weighted by Gasteiger charge is -2.03. The molecule has 3 nitrogen and oxygen atoms in total. The van der Waals surface area contributed by atoms with E-state index in [2.05, 4.69) is 22.1 Å². The standard InChI is InChI=1S/C10H15N3S/c1-3-7-14-8-6-11-10-5-4-9(2)12-13-10/h3-5H,1,6-8H2,2H3,(H,11,13). The van der Waals surface area contributed by atoms with Crippen molar-refractivity contribution in [2.75, 3.05) is 23.4 Å². The van der Waals surface area contributed by atoms with E-state index >= 15 is 0 Å². The molecule has 0 atom stereocenters. The Morgan fingerprint density at radius 1 is 1.50 bits per heavy atom. The lowest BCUT2D eigenvalue weighted by atomic mass is 10.4. The maximum absolute atomic E-state index is 4.01. The van der Waals surface area contributed by atoms with Gasteiger partial charge >= 0.3 is 0 Å². The average molecular weight is 209 g/mol. The summed E-state index contributed by atoms with van der Waals surface area (Å²) in [7, 11) is 0. The molecule has 14 heavy (non-hydrogen) atoms. The van der Waals surface area contributed by atoms with Gasteiger partial charge in [-0.2, -0.15) is 16.9 Å². The molecule has 0 unspecified atom stereocenters. The molecule has 0 aromatic carbocycles. The first-order valence-electron chi connectivity index (χ1n) is 4.56. The smallest absolute Gasteiger partial charge is 0.148 e. The predicted molar refractivity (Wildman–Crippen MR) is 62.8 cm³/mol. The van der Waals surface area contributed by atoms with E-state index in [0.29, 0.717) is 0 Å². The van der Waals surface area contributed by atoms with Gasteiger partial charge in [0.15, 0.2) is 0 Å². The first-order valence-corrected chi connectivity index (χ1v) is 5.71. The highest BCUT2D eigenvalue weighted by atomic mass is 32.2. The Kier molecular flexibility index (Phi) is 5.07. The van der Waals surface area contributed by atoms with Crippen LogP contribution in [0.5, 0.6) is 0 Å². The zero-order valence-corrected chi connectivity index (χ0v) is 9.18. The Labute approximate surface area is 89.0 Å². The quantitative estimate of drug-likeness (QED) is 0.575. The SMILES string of the molecule is C=CCSCCNc1ccc(C)nn1. The molecule has 76 valence electrons. The van der Waals surface area contributed by atoms with Gasteiger partial charge in [0.05, 0.1) is 5.69 Å². The van der Waals surface area contributed by atoms with Crippen molar-refractivity contribution in [2.45, 2.75) is 6.92 Å². The summed E-state index contributed by atoms with van der Waals surface area (Å²) >= 11 is 1.85. The maximum Gasteiger partial charge on any atom is 0.148 e. The first kappa shape index (κ1) is 11.0. The Balaban J connectivity index is 2.18. The first-order chi connectivity index (χ1) is 6.83. The van der Waals surface area contributed by atoms with Crippen LogP contribution in [0.4, 0.5) is 5.82 Å². The van der Waals surface area contributed by atoms with Crippen molar-refractivity contribution in [3.8, 4) is 0 Å². The number of nitrogens with zero attached hydrogens (tertiary/aromatic N) is 2. The van der Waals surface area contributed by atoms with Crippen LogP contribution in [0.1, 0.15) is 5.69 Å². The third-order valence-electron chi connectivity index (χ3n) is 1.59. The second-order valence-electron chi connectivity index (χ2n) is 2.85. The Bertz CT molecular complexity index is 271. The van der Waals surface area contributed by atoms with Crippen LogP contribution in [0.15, 0.2) is 24.8 Å². The number of aryl methyl sites for hydroxylation is 1. The average Bonchev–Trinajstić information content (AvgIpc) is 2.21. The minimum Gasteiger partial charge on any atom is -0.368 e. The van der Waals surface area contributed by atoms with Crippen LogP contribution in [0.25, 0.3) is 0 Å². The van der Waals surface area contributed by atoms with E-state index in [1.807, 2.05) is 36.9 Å². The molecule has 0 aliphatic carbocycles. The highest BCUT2D eigenvalue weighted by Gasteiger charge is 1.93. The molecule has 1 heterocycles. The van der Waals surface area contributed by atoms with Crippen LogP contribution < -0.4 is 5.32 Å². The van der Waals surface area contributed by atoms with Crippen molar-refractivity contribution >= 4 is 17.6 Å². The summed E-state index contributed by atoms with van der Waals surface area (Å²) in [6, 6.07) is 3.90. The van der Waals surface area contributed by atoms with Crippen LogP contribution in [0.3, 0.4) is 0 Å². The van der Waals surface area contributed by atoms with Crippen LogP contribution in [-0.4, -0.2) is 28.2 Å². The summed E-state index contributed by atoms with van der Waals surface area (Å²) in [5.41, 5.74) is 0.941. The van der Waals surface area contributed by atoms with Crippen LogP contribution >= 0.6 is 11.8 Å². The fourth-order valence-electron chi connectivity index (χ4n) is 0.911. The third kappa shape index (κ3) is 4.28. The zero-order chi connectivity index (χ0) is 10.2. The minimum absolute atomic E-state index is 0.842. The number of nitrogens with one attached hydrogen (secondary N) is 1. The fraction of sp³-hybridized carbons (Fsp3) is 0.400. The lowest BCUT2D eigenvalue weighted by molar-refractivity contribution is 0.971. The van der Waals surface area contributed by atoms with Gasteiger partial charge in [-0.1, -0.05) is 6.08 Å². The predicted octanol–water partition coefficient (Wildman–Crippen LogP) is 2.12. The van der Waals surface area contributed by atoms with E-state index in [9.17, 15) is 0 Å². The Morgan fingerprint density at radius 3 is 3.00 bits per heavy atom. The summed E-state index contributed by atoms with van der Waals surface area (Å²) in [5, 5.41) is 11.2. The normalized spacial score (nSPS) is 9.79. The molecule has 0 saturated heterocycles.